The molecule has 0 heterocycles. The molecule has 0 aliphatic heterocycles. The molecule has 1 fully saturated rings. The van der Waals surface area contributed by atoms with Gasteiger partial charge in [-0.05, 0) is 18.8 Å². The van der Waals surface area contributed by atoms with Crippen LogP contribution in [0.25, 0.3) is 0 Å². The third-order valence-corrected chi connectivity index (χ3v) is 9.94. The van der Waals surface area contributed by atoms with Crippen molar-refractivity contribution in [2.24, 2.45) is 5.92 Å². The molecular weight excluding hydrogens is 244 g/mol. The molecule has 1 aromatic carbocycles. The van der Waals surface area contributed by atoms with Gasteiger partial charge in [-0.3, -0.25) is 0 Å². The molecule has 0 nitrogen and oxygen atoms in total. The molecular formula is C15H23ClSi. The lowest BCUT2D eigenvalue weighted by atomic mass is 9.91. The summed E-state index contributed by atoms with van der Waals surface area (Å²) in [7, 11) is -1.50. The van der Waals surface area contributed by atoms with Crippen molar-refractivity contribution in [2.45, 2.75) is 50.2 Å². The lowest BCUT2D eigenvalue weighted by molar-refractivity contribution is 0.373. The van der Waals surface area contributed by atoms with E-state index < -0.39 is 8.07 Å². The van der Waals surface area contributed by atoms with Crippen LogP contribution in [0.5, 0.6) is 0 Å². The minimum Gasteiger partial charge on any atom is -0.126 e. The van der Waals surface area contributed by atoms with Gasteiger partial charge in [-0.1, -0.05) is 67.9 Å². The topological polar surface area (TPSA) is 0 Å². The molecule has 2 rings (SSSR count). The molecule has 1 atom stereocenters. The Labute approximate surface area is 111 Å². The molecule has 0 aromatic heterocycles. The van der Waals surface area contributed by atoms with Gasteiger partial charge < -0.3 is 0 Å². The normalized spacial score (nSPS) is 20.2. The Hall–Kier alpha value is -0.273. The molecule has 0 spiro atoms. The summed E-state index contributed by atoms with van der Waals surface area (Å²) < 4.78 is 0. The summed E-state index contributed by atoms with van der Waals surface area (Å²) in [6.07, 6.45) is 6.86. The molecule has 17 heavy (non-hydrogen) atoms. The van der Waals surface area contributed by atoms with Crippen molar-refractivity contribution in [1.29, 1.82) is 0 Å². The molecule has 0 N–H and O–H groups in total. The molecule has 0 saturated heterocycles. The third-order valence-electron chi connectivity index (χ3n) is 4.27. The summed E-state index contributed by atoms with van der Waals surface area (Å²) in [5, 5.41) is 1.90. The molecule has 1 aliphatic carbocycles. The first-order chi connectivity index (χ1) is 8.12. The number of benzene rings is 1. The van der Waals surface area contributed by atoms with Gasteiger partial charge in [0.2, 0.25) is 0 Å². The Morgan fingerprint density at radius 1 is 1.06 bits per heavy atom. The Kier molecular flexibility index (Phi) is 4.32. The molecule has 2 heteroatoms. The van der Waals surface area contributed by atoms with E-state index in [0.717, 1.165) is 5.92 Å². The predicted octanol–water partition coefficient (Wildman–Crippen LogP) is 4.33. The van der Waals surface area contributed by atoms with Gasteiger partial charge in [0, 0.05) is 5.00 Å². The minimum absolute atomic E-state index is 0.394. The van der Waals surface area contributed by atoms with Crippen LogP contribution in [0, 0.1) is 5.92 Å². The molecule has 94 valence electrons. The van der Waals surface area contributed by atoms with Gasteiger partial charge in [0.25, 0.3) is 0 Å². The fourth-order valence-electron chi connectivity index (χ4n) is 3.04. The van der Waals surface area contributed by atoms with Crippen LogP contribution < -0.4 is 5.19 Å². The van der Waals surface area contributed by atoms with Crippen molar-refractivity contribution < 1.29 is 0 Å². The van der Waals surface area contributed by atoms with Crippen LogP contribution in [-0.4, -0.2) is 13.1 Å². The second-order valence-corrected chi connectivity index (χ2v) is 11.4. The first-order valence-electron chi connectivity index (χ1n) is 6.82. The van der Waals surface area contributed by atoms with Gasteiger partial charge in [-0.2, -0.15) is 0 Å². The average Bonchev–Trinajstić information content (AvgIpc) is 2.40. The molecule has 0 amide bonds. The maximum Gasteiger partial charge on any atom is 0.100 e. The quantitative estimate of drug-likeness (QED) is 0.564. The van der Waals surface area contributed by atoms with E-state index in [0.29, 0.717) is 5.00 Å². The second kappa shape index (κ2) is 5.58. The SMILES string of the molecule is C[Si](C)(c1ccccc1)C(Cl)C1CCCCC1. The fraction of sp³-hybridized carbons (Fsp3) is 0.600. The number of alkyl halides is 1. The highest BCUT2D eigenvalue weighted by molar-refractivity contribution is 6.95. The third kappa shape index (κ3) is 2.94. The average molecular weight is 267 g/mol. The molecule has 0 bridgehead atoms. The van der Waals surface area contributed by atoms with Crippen LogP contribution in [0.3, 0.4) is 0 Å². The summed E-state index contributed by atoms with van der Waals surface area (Å²) in [6, 6.07) is 10.9. The standard InChI is InChI=1S/C15H23ClSi/c1-17(2,14-11-7-4-8-12-14)15(16)13-9-5-3-6-10-13/h4,7-8,11-13,15H,3,5-6,9-10H2,1-2H3. The van der Waals surface area contributed by atoms with Crippen molar-refractivity contribution in [1.82, 2.24) is 0 Å². The van der Waals surface area contributed by atoms with Crippen LogP contribution in [-0.2, 0) is 0 Å². The Morgan fingerprint density at radius 2 is 1.65 bits per heavy atom. The Morgan fingerprint density at radius 3 is 2.24 bits per heavy atom. The van der Waals surface area contributed by atoms with Gasteiger partial charge in [0.1, 0.15) is 8.07 Å². The Balaban J connectivity index is 2.14. The van der Waals surface area contributed by atoms with Crippen molar-refractivity contribution in [3.05, 3.63) is 30.3 Å². The zero-order chi connectivity index (χ0) is 12.3. The van der Waals surface area contributed by atoms with Gasteiger partial charge >= 0.3 is 0 Å². The van der Waals surface area contributed by atoms with Crippen LogP contribution in [0.15, 0.2) is 30.3 Å². The van der Waals surface area contributed by atoms with Crippen molar-refractivity contribution in [2.75, 3.05) is 0 Å². The van der Waals surface area contributed by atoms with Crippen molar-refractivity contribution in [3.8, 4) is 0 Å². The molecule has 1 saturated carbocycles. The number of halogens is 1. The fourth-order valence-corrected chi connectivity index (χ4v) is 6.55. The monoisotopic (exact) mass is 266 g/mol. The lowest BCUT2D eigenvalue weighted by Crippen LogP contribution is -2.53. The lowest BCUT2D eigenvalue weighted by Gasteiger charge is -2.36. The van der Waals surface area contributed by atoms with Crippen LogP contribution in [0.4, 0.5) is 0 Å². The summed E-state index contributed by atoms with van der Waals surface area (Å²) >= 11 is 6.85. The summed E-state index contributed by atoms with van der Waals surface area (Å²) in [5.41, 5.74) is 0. The second-order valence-electron chi connectivity index (χ2n) is 5.89. The van der Waals surface area contributed by atoms with Crippen molar-refractivity contribution in [3.63, 3.8) is 0 Å². The number of hydrogen-bond donors (Lipinski definition) is 0. The van der Waals surface area contributed by atoms with Gasteiger partial charge in [-0.25, -0.2) is 0 Å². The van der Waals surface area contributed by atoms with E-state index in [1.54, 1.807) is 0 Å². The summed E-state index contributed by atoms with van der Waals surface area (Å²) in [6.45, 7) is 4.85. The van der Waals surface area contributed by atoms with Crippen LogP contribution >= 0.6 is 11.6 Å². The maximum atomic E-state index is 6.85. The van der Waals surface area contributed by atoms with E-state index in [1.807, 2.05) is 0 Å². The predicted molar refractivity (Wildman–Crippen MR) is 79.8 cm³/mol. The van der Waals surface area contributed by atoms with Gasteiger partial charge in [0.05, 0.1) is 0 Å². The van der Waals surface area contributed by atoms with E-state index in [2.05, 4.69) is 43.4 Å². The zero-order valence-electron chi connectivity index (χ0n) is 11.0. The van der Waals surface area contributed by atoms with Crippen LogP contribution in [0.1, 0.15) is 32.1 Å². The van der Waals surface area contributed by atoms with E-state index in [4.69, 9.17) is 11.6 Å². The first kappa shape index (κ1) is 13.2. The summed E-state index contributed by atoms with van der Waals surface area (Å²) in [5.74, 6) is 0.757. The summed E-state index contributed by atoms with van der Waals surface area (Å²) in [4.78, 5) is 0. The molecule has 1 unspecified atom stereocenters. The smallest absolute Gasteiger partial charge is 0.100 e. The minimum atomic E-state index is -1.50. The van der Waals surface area contributed by atoms with Crippen molar-refractivity contribution >= 4 is 24.9 Å². The van der Waals surface area contributed by atoms with E-state index in [9.17, 15) is 0 Å². The molecule has 1 aromatic rings. The van der Waals surface area contributed by atoms with E-state index in [-0.39, 0.29) is 0 Å². The highest BCUT2D eigenvalue weighted by atomic mass is 35.5. The van der Waals surface area contributed by atoms with E-state index >= 15 is 0 Å². The molecule has 1 aliphatic rings. The maximum absolute atomic E-state index is 6.85. The van der Waals surface area contributed by atoms with E-state index in [1.165, 1.54) is 37.3 Å². The largest absolute Gasteiger partial charge is 0.126 e. The van der Waals surface area contributed by atoms with Gasteiger partial charge in [0.15, 0.2) is 0 Å². The number of rotatable bonds is 3. The molecule has 0 radical (unpaired) electrons. The number of hydrogen-bond acceptors (Lipinski definition) is 0. The highest BCUT2D eigenvalue weighted by Gasteiger charge is 2.37. The van der Waals surface area contributed by atoms with Gasteiger partial charge in [-0.15, -0.1) is 11.6 Å². The Bertz CT molecular complexity index is 341. The first-order valence-corrected chi connectivity index (χ1v) is 10.3. The van der Waals surface area contributed by atoms with Crippen LogP contribution in [0.2, 0.25) is 13.1 Å². The zero-order valence-corrected chi connectivity index (χ0v) is 12.7. The highest BCUT2D eigenvalue weighted by Crippen LogP contribution is 2.33.